The number of fused-ring (bicyclic) bond motifs is 1. The van der Waals surface area contributed by atoms with E-state index >= 15 is 0 Å². The maximum absolute atomic E-state index is 12.4. The van der Waals surface area contributed by atoms with Crippen molar-refractivity contribution in [3.63, 3.8) is 0 Å². The van der Waals surface area contributed by atoms with Crippen molar-refractivity contribution in [1.29, 1.82) is 0 Å². The molecule has 0 saturated heterocycles. The van der Waals surface area contributed by atoms with Crippen LogP contribution in [-0.4, -0.2) is 17.5 Å². The Bertz CT molecular complexity index is 699. The Morgan fingerprint density at radius 1 is 1.32 bits per heavy atom. The predicted molar refractivity (Wildman–Crippen MR) is 76.7 cm³/mol. The van der Waals surface area contributed by atoms with E-state index in [0.29, 0.717) is 0 Å². The van der Waals surface area contributed by atoms with Crippen molar-refractivity contribution >= 4 is 16.8 Å². The van der Waals surface area contributed by atoms with E-state index in [1.54, 1.807) is 10.6 Å². The number of nitrogens with one attached hydrogen (secondary N) is 1. The van der Waals surface area contributed by atoms with Crippen LogP contribution in [0.5, 0.6) is 0 Å². The second-order valence-corrected chi connectivity index (χ2v) is 4.91. The predicted octanol–water partition coefficient (Wildman–Crippen LogP) is 2.25. The summed E-state index contributed by atoms with van der Waals surface area (Å²) in [4.78, 5) is 24.3. The molecule has 4 heteroatoms. The lowest BCUT2D eigenvalue weighted by Crippen LogP contribution is -2.32. The summed E-state index contributed by atoms with van der Waals surface area (Å²) in [6.07, 6.45) is 0. The Hall–Kier alpha value is -2.10. The van der Waals surface area contributed by atoms with Gasteiger partial charge in [0.25, 0.3) is 11.5 Å². The Labute approximate surface area is 112 Å². The van der Waals surface area contributed by atoms with Crippen LogP contribution in [0.15, 0.2) is 29.1 Å². The molecule has 0 fully saturated rings. The van der Waals surface area contributed by atoms with E-state index in [-0.39, 0.29) is 23.1 Å². The molecular formula is C15H18N2O2. The van der Waals surface area contributed by atoms with Gasteiger partial charge in [0.1, 0.15) is 5.56 Å². The molecule has 0 unspecified atom stereocenters. The van der Waals surface area contributed by atoms with Crippen LogP contribution in [0.2, 0.25) is 0 Å². The molecule has 0 spiro atoms. The standard InChI is InChI=1S/C15H18N2O2/c1-9(2)17-13-7-5-6-10(3)11(13)8-12(15(17)19)14(18)16-4/h5-9H,1-4H3,(H,16,18). The number of aromatic nitrogens is 1. The number of pyridine rings is 1. The first-order chi connectivity index (χ1) is 8.97. The number of nitrogens with zero attached hydrogens (tertiary/aromatic N) is 1. The largest absolute Gasteiger partial charge is 0.355 e. The number of benzene rings is 1. The molecule has 4 nitrogen and oxygen atoms in total. The lowest BCUT2D eigenvalue weighted by atomic mass is 10.1. The van der Waals surface area contributed by atoms with Crippen molar-refractivity contribution in [1.82, 2.24) is 9.88 Å². The summed E-state index contributed by atoms with van der Waals surface area (Å²) in [5, 5.41) is 3.46. The molecule has 1 heterocycles. The number of hydrogen-bond acceptors (Lipinski definition) is 2. The first kappa shape index (κ1) is 13.3. The molecule has 1 aromatic carbocycles. The van der Waals surface area contributed by atoms with E-state index in [2.05, 4.69) is 5.32 Å². The summed E-state index contributed by atoms with van der Waals surface area (Å²) in [5.41, 5.74) is 1.87. The van der Waals surface area contributed by atoms with Crippen molar-refractivity contribution in [2.75, 3.05) is 7.05 Å². The van der Waals surface area contributed by atoms with E-state index in [1.165, 1.54) is 7.05 Å². The normalized spacial score (nSPS) is 11.0. The zero-order chi connectivity index (χ0) is 14.2. The van der Waals surface area contributed by atoms with Gasteiger partial charge in [-0.05, 0) is 38.5 Å². The van der Waals surface area contributed by atoms with Gasteiger partial charge in [-0.1, -0.05) is 12.1 Å². The third-order valence-corrected chi connectivity index (χ3v) is 3.29. The molecule has 0 radical (unpaired) electrons. The van der Waals surface area contributed by atoms with E-state index in [4.69, 9.17) is 0 Å². The fourth-order valence-corrected chi connectivity index (χ4v) is 2.32. The van der Waals surface area contributed by atoms with Gasteiger partial charge < -0.3 is 9.88 Å². The van der Waals surface area contributed by atoms with Crippen molar-refractivity contribution < 1.29 is 4.79 Å². The van der Waals surface area contributed by atoms with E-state index in [1.807, 2.05) is 39.0 Å². The Kier molecular flexibility index (Phi) is 3.42. The van der Waals surface area contributed by atoms with Gasteiger partial charge in [-0.15, -0.1) is 0 Å². The number of amides is 1. The quantitative estimate of drug-likeness (QED) is 0.898. The third-order valence-electron chi connectivity index (χ3n) is 3.29. The maximum atomic E-state index is 12.4. The highest BCUT2D eigenvalue weighted by Crippen LogP contribution is 2.20. The van der Waals surface area contributed by atoms with Crippen LogP contribution in [-0.2, 0) is 0 Å². The minimum absolute atomic E-state index is 0.00130. The molecule has 0 aliphatic carbocycles. The van der Waals surface area contributed by atoms with Crippen LogP contribution in [0.25, 0.3) is 10.9 Å². The van der Waals surface area contributed by atoms with Crippen LogP contribution in [0.4, 0.5) is 0 Å². The number of hydrogen-bond donors (Lipinski definition) is 1. The molecule has 0 aliphatic rings. The van der Waals surface area contributed by atoms with Crippen LogP contribution in [0.3, 0.4) is 0 Å². The van der Waals surface area contributed by atoms with Crippen LogP contribution in [0.1, 0.15) is 35.8 Å². The van der Waals surface area contributed by atoms with Gasteiger partial charge in [-0.2, -0.15) is 0 Å². The Morgan fingerprint density at radius 3 is 2.58 bits per heavy atom. The molecule has 1 aromatic heterocycles. The molecule has 2 aromatic rings. The molecule has 0 bridgehead atoms. The monoisotopic (exact) mass is 258 g/mol. The van der Waals surface area contributed by atoms with Crippen LogP contribution in [0, 0.1) is 6.92 Å². The van der Waals surface area contributed by atoms with E-state index < -0.39 is 0 Å². The van der Waals surface area contributed by atoms with E-state index in [9.17, 15) is 9.59 Å². The van der Waals surface area contributed by atoms with Gasteiger partial charge in [0.15, 0.2) is 0 Å². The van der Waals surface area contributed by atoms with Gasteiger partial charge in [-0.25, -0.2) is 0 Å². The highest BCUT2D eigenvalue weighted by atomic mass is 16.2. The van der Waals surface area contributed by atoms with Crippen molar-refractivity contribution in [2.24, 2.45) is 0 Å². The molecule has 0 saturated carbocycles. The average Bonchev–Trinajstić information content (AvgIpc) is 2.37. The molecule has 100 valence electrons. The maximum Gasteiger partial charge on any atom is 0.264 e. The Morgan fingerprint density at radius 2 is 2.00 bits per heavy atom. The molecule has 0 atom stereocenters. The van der Waals surface area contributed by atoms with Crippen molar-refractivity contribution in [3.05, 3.63) is 45.7 Å². The van der Waals surface area contributed by atoms with Crippen molar-refractivity contribution in [3.8, 4) is 0 Å². The van der Waals surface area contributed by atoms with Gasteiger partial charge in [-0.3, -0.25) is 9.59 Å². The summed E-state index contributed by atoms with van der Waals surface area (Å²) >= 11 is 0. The van der Waals surface area contributed by atoms with E-state index in [0.717, 1.165) is 16.5 Å². The molecule has 19 heavy (non-hydrogen) atoms. The minimum atomic E-state index is -0.343. The first-order valence-corrected chi connectivity index (χ1v) is 6.34. The second-order valence-electron chi connectivity index (χ2n) is 4.91. The SMILES string of the molecule is CNC(=O)c1cc2c(C)cccc2n(C(C)C)c1=O. The molecule has 1 amide bonds. The molecular weight excluding hydrogens is 240 g/mol. The Balaban J connectivity index is 2.95. The number of carbonyl (C=O) groups excluding carboxylic acids is 1. The smallest absolute Gasteiger partial charge is 0.264 e. The highest BCUT2D eigenvalue weighted by Gasteiger charge is 2.16. The average molecular weight is 258 g/mol. The number of carbonyl (C=O) groups is 1. The highest BCUT2D eigenvalue weighted by molar-refractivity contribution is 5.97. The summed E-state index contributed by atoms with van der Waals surface area (Å²) in [6.45, 7) is 5.86. The number of rotatable bonds is 2. The molecule has 2 rings (SSSR count). The van der Waals surface area contributed by atoms with Gasteiger partial charge in [0, 0.05) is 18.5 Å². The molecule has 0 aliphatic heterocycles. The lowest BCUT2D eigenvalue weighted by Gasteiger charge is -2.16. The lowest BCUT2D eigenvalue weighted by molar-refractivity contribution is 0.0961. The minimum Gasteiger partial charge on any atom is -0.355 e. The fraction of sp³-hybridized carbons (Fsp3) is 0.333. The zero-order valence-electron chi connectivity index (χ0n) is 11.7. The van der Waals surface area contributed by atoms with Crippen LogP contribution < -0.4 is 10.9 Å². The van der Waals surface area contributed by atoms with Crippen LogP contribution >= 0.6 is 0 Å². The van der Waals surface area contributed by atoms with Gasteiger partial charge in [0.05, 0.1) is 5.52 Å². The van der Waals surface area contributed by atoms with Crippen molar-refractivity contribution in [2.45, 2.75) is 26.8 Å². The topological polar surface area (TPSA) is 51.1 Å². The summed E-state index contributed by atoms with van der Waals surface area (Å²) in [6, 6.07) is 7.50. The summed E-state index contributed by atoms with van der Waals surface area (Å²) in [5.74, 6) is -0.343. The van der Waals surface area contributed by atoms with Gasteiger partial charge >= 0.3 is 0 Å². The van der Waals surface area contributed by atoms with Gasteiger partial charge in [0.2, 0.25) is 0 Å². The third kappa shape index (κ3) is 2.14. The summed E-state index contributed by atoms with van der Waals surface area (Å²) < 4.78 is 1.67. The number of aryl methyl sites for hydroxylation is 1. The fourth-order valence-electron chi connectivity index (χ4n) is 2.32. The second kappa shape index (κ2) is 4.88. The zero-order valence-corrected chi connectivity index (χ0v) is 11.7. The first-order valence-electron chi connectivity index (χ1n) is 6.34. The molecule has 1 N–H and O–H groups in total. The summed E-state index contributed by atoms with van der Waals surface area (Å²) in [7, 11) is 1.53.